The summed E-state index contributed by atoms with van der Waals surface area (Å²) in [5, 5.41) is 9.00. The predicted molar refractivity (Wildman–Crippen MR) is 76.2 cm³/mol. The first-order chi connectivity index (χ1) is 9.47. The summed E-state index contributed by atoms with van der Waals surface area (Å²) in [6.45, 7) is 5.37. The van der Waals surface area contributed by atoms with Crippen molar-refractivity contribution in [1.29, 1.82) is 0 Å². The molecule has 0 saturated carbocycles. The van der Waals surface area contributed by atoms with Gasteiger partial charge in [0, 0.05) is 18.3 Å². The molecular weight excluding hydrogens is 256 g/mol. The third-order valence-electron chi connectivity index (χ3n) is 3.68. The maximum Gasteiger partial charge on any atom is 0.304 e. The Kier molecular flexibility index (Phi) is 4.65. The van der Waals surface area contributed by atoms with Crippen molar-refractivity contribution in [3.8, 4) is 5.75 Å². The molecule has 0 spiro atoms. The van der Waals surface area contributed by atoms with Crippen LogP contribution in [-0.4, -0.2) is 30.4 Å². The van der Waals surface area contributed by atoms with Crippen molar-refractivity contribution in [3.63, 3.8) is 0 Å². The molecule has 20 heavy (non-hydrogen) atoms. The standard InChI is InChI=1S/C16H22O4/c1-16(2,11-15(17)18)12-4-3-5-14(10-12)20-13-6-8-19-9-7-13/h3-5,10,13H,6-9,11H2,1-2H3,(H,17,18). The fraction of sp³-hybridized carbons (Fsp3) is 0.562. The lowest BCUT2D eigenvalue weighted by Crippen LogP contribution is -2.26. The number of hydrogen-bond donors (Lipinski definition) is 1. The number of carboxylic acids is 1. The van der Waals surface area contributed by atoms with Gasteiger partial charge < -0.3 is 14.6 Å². The molecule has 110 valence electrons. The summed E-state index contributed by atoms with van der Waals surface area (Å²) >= 11 is 0. The molecule has 1 aliphatic heterocycles. The summed E-state index contributed by atoms with van der Waals surface area (Å²) < 4.78 is 11.3. The van der Waals surface area contributed by atoms with Crippen LogP contribution in [0.25, 0.3) is 0 Å². The number of ether oxygens (including phenoxy) is 2. The summed E-state index contributed by atoms with van der Waals surface area (Å²) in [5.41, 5.74) is 0.588. The molecule has 1 N–H and O–H groups in total. The lowest BCUT2D eigenvalue weighted by Gasteiger charge is -2.26. The first-order valence-electron chi connectivity index (χ1n) is 7.04. The second-order valence-corrected chi connectivity index (χ2v) is 5.91. The molecular formula is C16H22O4. The van der Waals surface area contributed by atoms with Gasteiger partial charge in [-0.25, -0.2) is 0 Å². The Morgan fingerprint density at radius 1 is 1.40 bits per heavy atom. The van der Waals surface area contributed by atoms with Gasteiger partial charge in [-0.2, -0.15) is 0 Å². The maximum absolute atomic E-state index is 10.9. The minimum atomic E-state index is -0.786. The van der Waals surface area contributed by atoms with Crippen molar-refractivity contribution in [3.05, 3.63) is 29.8 Å². The quantitative estimate of drug-likeness (QED) is 0.899. The van der Waals surface area contributed by atoms with Crippen LogP contribution in [0.5, 0.6) is 5.75 Å². The van der Waals surface area contributed by atoms with Crippen molar-refractivity contribution in [2.24, 2.45) is 0 Å². The molecule has 1 heterocycles. The highest BCUT2D eigenvalue weighted by molar-refractivity contribution is 5.69. The van der Waals surface area contributed by atoms with E-state index in [1.165, 1.54) is 0 Å². The molecule has 0 aliphatic carbocycles. The molecule has 0 aromatic heterocycles. The molecule has 1 fully saturated rings. The molecule has 0 atom stereocenters. The van der Waals surface area contributed by atoms with Crippen LogP contribution in [-0.2, 0) is 14.9 Å². The Morgan fingerprint density at radius 3 is 2.75 bits per heavy atom. The van der Waals surface area contributed by atoms with E-state index < -0.39 is 11.4 Å². The Labute approximate surface area is 119 Å². The molecule has 0 amide bonds. The van der Waals surface area contributed by atoms with Gasteiger partial charge in [-0.1, -0.05) is 26.0 Å². The van der Waals surface area contributed by atoms with Gasteiger partial charge in [0.2, 0.25) is 0 Å². The van der Waals surface area contributed by atoms with E-state index in [0.717, 1.165) is 37.4 Å². The zero-order chi connectivity index (χ0) is 14.6. The first-order valence-corrected chi connectivity index (χ1v) is 7.04. The normalized spacial score (nSPS) is 16.9. The number of benzene rings is 1. The molecule has 1 aromatic carbocycles. The van der Waals surface area contributed by atoms with E-state index in [0.29, 0.717) is 0 Å². The largest absolute Gasteiger partial charge is 0.490 e. The van der Waals surface area contributed by atoms with Gasteiger partial charge in [-0.15, -0.1) is 0 Å². The summed E-state index contributed by atoms with van der Waals surface area (Å²) in [4.78, 5) is 10.9. The van der Waals surface area contributed by atoms with Crippen molar-refractivity contribution < 1.29 is 19.4 Å². The summed E-state index contributed by atoms with van der Waals surface area (Å²) in [6, 6.07) is 7.77. The van der Waals surface area contributed by atoms with E-state index >= 15 is 0 Å². The Morgan fingerprint density at radius 2 is 2.10 bits per heavy atom. The highest BCUT2D eigenvalue weighted by atomic mass is 16.5. The number of rotatable bonds is 5. The third kappa shape index (κ3) is 3.97. The fourth-order valence-electron chi connectivity index (χ4n) is 2.46. The van der Waals surface area contributed by atoms with E-state index in [-0.39, 0.29) is 12.5 Å². The lowest BCUT2D eigenvalue weighted by atomic mass is 9.81. The van der Waals surface area contributed by atoms with Gasteiger partial charge >= 0.3 is 5.97 Å². The molecule has 0 unspecified atom stereocenters. The van der Waals surface area contributed by atoms with Gasteiger partial charge in [0.15, 0.2) is 0 Å². The molecule has 2 rings (SSSR count). The van der Waals surface area contributed by atoms with Gasteiger partial charge in [-0.05, 0) is 17.7 Å². The Hall–Kier alpha value is -1.55. The minimum Gasteiger partial charge on any atom is -0.490 e. The molecule has 1 aliphatic rings. The number of hydrogen-bond acceptors (Lipinski definition) is 3. The molecule has 4 nitrogen and oxygen atoms in total. The van der Waals surface area contributed by atoms with Crippen LogP contribution in [0.4, 0.5) is 0 Å². The van der Waals surface area contributed by atoms with E-state index in [2.05, 4.69) is 0 Å². The van der Waals surface area contributed by atoms with Crippen LogP contribution >= 0.6 is 0 Å². The lowest BCUT2D eigenvalue weighted by molar-refractivity contribution is -0.138. The zero-order valence-corrected chi connectivity index (χ0v) is 12.1. The highest BCUT2D eigenvalue weighted by Crippen LogP contribution is 2.30. The predicted octanol–water partition coefficient (Wildman–Crippen LogP) is 3.00. The van der Waals surface area contributed by atoms with Crippen LogP contribution in [0.3, 0.4) is 0 Å². The Balaban J connectivity index is 2.08. The van der Waals surface area contributed by atoms with Crippen LogP contribution in [0.2, 0.25) is 0 Å². The second kappa shape index (κ2) is 6.27. The molecule has 4 heteroatoms. The van der Waals surface area contributed by atoms with Crippen molar-refractivity contribution >= 4 is 5.97 Å². The van der Waals surface area contributed by atoms with Crippen molar-refractivity contribution in [1.82, 2.24) is 0 Å². The van der Waals surface area contributed by atoms with Crippen LogP contribution < -0.4 is 4.74 Å². The average Bonchev–Trinajstić information content (AvgIpc) is 2.39. The topological polar surface area (TPSA) is 55.8 Å². The van der Waals surface area contributed by atoms with Gasteiger partial charge in [0.25, 0.3) is 0 Å². The SMILES string of the molecule is CC(C)(CC(=O)O)c1cccc(OC2CCOCC2)c1. The van der Waals surface area contributed by atoms with Crippen molar-refractivity contribution in [2.45, 2.75) is 44.6 Å². The minimum absolute atomic E-state index is 0.105. The fourth-order valence-corrected chi connectivity index (χ4v) is 2.46. The maximum atomic E-state index is 10.9. The Bertz CT molecular complexity index is 461. The van der Waals surface area contributed by atoms with Gasteiger partial charge in [0.05, 0.1) is 19.6 Å². The zero-order valence-electron chi connectivity index (χ0n) is 12.1. The second-order valence-electron chi connectivity index (χ2n) is 5.91. The van der Waals surface area contributed by atoms with E-state index in [1.54, 1.807) is 0 Å². The summed E-state index contributed by atoms with van der Waals surface area (Å²) in [5.74, 6) is 0.0265. The summed E-state index contributed by atoms with van der Waals surface area (Å²) in [6.07, 6.45) is 2.11. The monoisotopic (exact) mass is 278 g/mol. The van der Waals surface area contributed by atoms with E-state index in [1.807, 2.05) is 38.1 Å². The number of aliphatic carboxylic acids is 1. The van der Waals surface area contributed by atoms with E-state index in [4.69, 9.17) is 14.6 Å². The third-order valence-corrected chi connectivity index (χ3v) is 3.68. The van der Waals surface area contributed by atoms with Crippen molar-refractivity contribution in [2.75, 3.05) is 13.2 Å². The molecule has 0 bridgehead atoms. The summed E-state index contributed by atoms with van der Waals surface area (Å²) in [7, 11) is 0. The first kappa shape index (κ1) is 14.9. The van der Waals surface area contributed by atoms with E-state index in [9.17, 15) is 4.79 Å². The number of carbonyl (C=O) groups is 1. The van der Waals surface area contributed by atoms with Crippen LogP contribution in [0.15, 0.2) is 24.3 Å². The van der Waals surface area contributed by atoms with Gasteiger partial charge in [-0.3, -0.25) is 4.79 Å². The molecule has 1 aromatic rings. The smallest absolute Gasteiger partial charge is 0.304 e. The molecule has 0 radical (unpaired) electrons. The molecule has 1 saturated heterocycles. The van der Waals surface area contributed by atoms with Crippen LogP contribution in [0, 0.1) is 0 Å². The highest BCUT2D eigenvalue weighted by Gasteiger charge is 2.25. The average molecular weight is 278 g/mol. The number of carboxylic acid groups (broad SMARTS) is 1. The van der Waals surface area contributed by atoms with Crippen LogP contribution in [0.1, 0.15) is 38.7 Å². The van der Waals surface area contributed by atoms with Gasteiger partial charge in [0.1, 0.15) is 11.9 Å².